The van der Waals surface area contributed by atoms with Gasteiger partial charge in [-0.15, -0.1) is 0 Å². The van der Waals surface area contributed by atoms with Crippen LogP contribution in [0.3, 0.4) is 0 Å². The minimum Gasteiger partial charge on any atom is -0.331 e. The Morgan fingerprint density at radius 2 is 1.71 bits per heavy atom. The Kier molecular flexibility index (Phi) is 5.69. The molecular formula is C20H23BrN2O. The topological polar surface area (TPSA) is 32.3 Å². The number of piperidine rings is 1. The molecule has 1 N–H and O–H groups in total. The molecule has 0 aliphatic carbocycles. The number of nitrogens with one attached hydrogen (secondary N) is 1. The quantitative estimate of drug-likeness (QED) is 0.855. The molecule has 0 radical (unpaired) electrons. The Labute approximate surface area is 152 Å². The van der Waals surface area contributed by atoms with Crippen LogP contribution >= 0.6 is 15.9 Å². The van der Waals surface area contributed by atoms with E-state index in [4.69, 9.17) is 0 Å². The summed E-state index contributed by atoms with van der Waals surface area (Å²) < 4.78 is 1.06. The van der Waals surface area contributed by atoms with E-state index in [1.54, 1.807) is 0 Å². The van der Waals surface area contributed by atoms with E-state index in [-0.39, 0.29) is 5.91 Å². The summed E-state index contributed by atoms with van der Waals surface area (Å²) >= 11 is 3.47. The highest BCUT2D eigenvalue weighted by Gasteiger charge is 2.26. The Morgan fingerprint density at radius 3 is 2.33 bits per heavy atom. The highest BCUT2D eigenvalue weighted by atomic mass is 79.9. The molecule has 2 aromatic rings. The third kappa shape index (κ3) is 4.25. The molecule has 126 valence electrons. The van der Waals surface area contributed by atoms with E-state index in [0.29, 0.717) is 12.6 Å². The van der Waals surface area contributed by atoms with Gasteiger partial charge < -0.3 is 10.2 Å². The van der Waals surface area contributed by atoms with Gasteiger partial charge in [0.1, 0.15) is 0 Å². The maximum Gasteiger partial charge on any atom is 0.254 e. The van der Waals surface area contributed by atoms with E-state index in [1.165, 1.54) is 5.56 Å². The van der Waals surface area contributed by atoms with Gasteiger partial charge in [0, 0.05) is 22.6 Å². The van der Waals surface area contributed by atoms with Crippen LogP contribution in [-0.2, 0) is 6.54 Å². The Balaban J connectivity index is 1.84. The number of benzene rings is 2. The molecule has 2 aromatic carbocycles. The minimum atomic E-state index is 0.129. The second kappa shape index (κ2) is 7.95. The van der Waals surface area contributed by atoms with Gasteiger partial charge in [0.2, 0.25) is 0 Å². The van der Waals surface area contributed by atoms with Crippen LogP contribution in [0, 0.1) is 6.92 Å². The molecule has 3 nitrogen and oxygen atoms in total. The molecule has 1 saturated heterocycles. The van der Waals surface area contributed by atoms with Crippen molar-refractivity contribution >= 4 is 21.8 Å². The fraction of sp³-hybridized carbons (Fsp3) is 0.350. The summed E-state index contributed by atoms with van der Waals surface area (Å²) in [5.41, 5.74) is 3.11. The second-order valence-electron chi connectivity index (χ2n) is 6.41. The SMILES string of the molecule is Cc1ccc(C(=O)N(Cc2ccc(Br)cc2)C2CCNCC2)cc1. The lowest BCUT2D eigenvalue weighted by Crippen LogP contribution is -2.45. The molecule has 0 bridgehead atoms. The molecule has 1 aliphatic rings. The molecule has 1 heterocycles. The van der Waals surface area contributed by atoms with Crippen LogP contribution in [0.15, 0.2) is 53.0 Å². The maximum absolute atomic E-state index is 13.1. The van der Waals surface area contributed by atoms with Crippen molar-refractivity contribution in [2.75, 3.05) is 13.1 Å². The normalized spacial score (nSPS) is 15.2. The molecule has 1 aliphatic heterocycles. The number of aryl methyl sites for hydroxylation is 1. The number of hydrogen-bond acceptors (Lipinski definition) is 2. The second-order valence-corrected chi connectivity index (χ2v) is 7.32. The summed E-state index contributed by atoms with van der Waals surface area (Å²) in [4.78, 5) is 15.2. The van der Waals surface area contributed by atoms with Gasteiger partial charge in [-0.05, 0) is 62.7 Å². The standard InChI is InChI=1S/C20H23BrN2O/c1-15-2-6-17(7-3-15)20(24)23(19-10-12-22-13-11-19)14-16-4-8-18(21)9-5-16/h2-9,19,22H,10-14H2,1H3. The Bertz CT molecular complexity index is 676. The molecule has 0 spiro atoms. The minimum absolute atomic E-state index is 0.129. The van der Waals surface area contributed by atoms with E-state index < -0.39 is 0 Å². The molecule has 1 amide bonds. The summed E-state index contributed by atoms with van der Waals surface area (Å²) in [6, 6.07) is 16.4. The third-order valence-corrected chi connectivity index (χ3v) is 5.10. The predicted molar refractivity (Wildman–Crippen MR) is 101 cm³/mol. The van der Waals surface area contributed by atoms with E-state index in [9.17, 15) is 4.79 Å². The van der Waals surface area contributed by atoms with Gasteiger partial charge in [0.25, 0.3) is 5.91 Å². The number of halogens is 1. The summed E-state index contributed by atoms with van der Waals surface area (Å²) in [6.45, 7) is 4.65. The molecular weight excluding hydrogens is 364 g/mol. The highest BCUT2D eigenvalue weighted by molar-refractivity contribution is 9.10. The average Bonchev–Trinajstić information content (AvgIpc) is 2.62. The summed E-state index contributed by atoms with van der Waals surface area (Å²) in [6.07, 6.45) is 2.02. The van der Waals surface area contributed by atoms with Crippen LogP contribution in [0.25, 0.3) is 0 Å². The molecule has 1 fully saturated rings. The number of rotatable bonds is 4. The smallest absolute Gasteiger partial charge is 0.254 e. The van der Waals surface area contributed by atoms with Crippen molar-refractivity contribution in [2.24, 2.45) is 0 Å². The molecule has 0 saturated carbocycles. The van der Waals surface area contributed by atoms with Crippen molar-refractivity contribution in [1.82, 2.24) is 10.2 Å². The molecule has 3 rings (SSSR count). The largest absolute Gasteiger partial charge is 0.331 e. The van der Waals surface area contributed by atoms with Crippen LogP contribution < -0.4 is 5.32 Å². The van der Waals surface area contributed by atoms with Gasteiger partial charge in [-0.3, -0.25) is 4.79 Å². The van der Waals surface area contributed by atoms with Crippen molar-refractivity contribution in [2.45, 2.75) is 32.4 Å². The van der Waals surface area contributed by atoms with Crippen molar-refractivity contribution in [3.63, 3.8) is 0 Å². The monoisotopic (exact) mass is 386 g/mol. The molecule has 24 heavy (non-hydrogen) atoms. The lowest BCUT2D eigenvalue weighted by Gasteiger charge is -2.35. The van der Waals surface area contributed by atoms with E-state index in [1.807, 2.05) is 43.3 Å². The van der Waals surface area contributed by atoms with E-state index in [2.05, 4.69) is 38.3 Å². The Hall–Kier alpha value is -1.65. The zero-order valence-corrected chi connectivity index (χ0v) is 15.6. The third-order valence-electron chi connectivity index (χ3n) is 4.58. The number of amides is 1. The van der Waals surface area contributed by atoms with Crippen LogP contribution in [-0.4, -0.2) is 29.9 Å². The van der Waals surface area contributed by atoms with Gasteiger partial charge in [0.15, 0.2) is 0 Å². The number of hydrogen-bond donors (Lipinski definition) is 1. The van der Waals surface area contributed by atoms with Crippen molar-refractivity contribution in [3.05, 3.63) is 69.7 Å². The van der Waals surface area contributed by atoms with Gasteiger partial charge in [-0.2, -0.15) is 0 Å². The number of nitrogens with zero attached hydrogens (tertiary/aromatic N) is 1. The molecule has 0 unspecified atom stereocenters. The summed E-state index contributed by atoms with van der Waals surface area (Å²) in [5.74, 6) is 0.129. The lowest BCUT2D eigenvalue weighted by atomic mass is 10.0. The van der Waals surface area contributed by atoms with Crippen LogP contribution in [0.2, 0.25) is 0 Å². The molecule has 0 atom stereocenters. The zero-order valence-electron chi connectivity index (χ0n) is 14.0. The first kappa shape index (κ1) is 17.2. The summed E-state index contributed by atoms with van der Waals surface area (Å²) in [5, 5.41) is 3.38. The number of carbonyl (C=O) groups excluding carboxylic acids is 1. The van der Waals surface area contributed by atoms with Gasteiger partial charge >= 0.3 is 0 Å². The Morgan fingerprint density at radius 1 is 1.08 bits per heavy atom. The van der Waals surface area contributed by atoms with Crippen LogP contribution in [0.5, 0.6) is 0 Å². The average molecular weight is 387 g/mol. The van der Waals surface area contributed by atoms with Crippen LogP contribution in [0.1, 0.15) is 34.3 Å². The lowest BCUT2D eigenvalue weighted by molar-refractivity contribution is 0.0623. The highest BCUT2D eigenvalue weighted by Crippen LogP contribution is 2.20. The molecule has 4 heteroatoms. The maximum atomic E-state index is 13.1. The first-order valence-corrected chi connectivity index (χ1v) is 9.25. The van der Waals surface area contributed by atoms with Crippen LogP contribution in [0.4, 0.5) is 0 Å². The first-order valence-electron chi connectivity index (χ1n) is 8.46. The fourth-order valence-corrected chi connectivity index (χ4v) is 3.40. The summed E-state index contributed by atoms with van der Waals surface area (Å²) in [7, 11) is 0. The van der Waals surface area contributed by atoms with Gasteiger partial charge in [-0.25, -0.2) is 0 Å². The fourth-order valence-electron chi connectivity index (χ4n) is 3.13. The van der Waals surface area contributed by atoms with Gasteiger partial charge in [-0.1, -0.05) is 45.8 Å². The number of carbonyl (C=O) groups is 1. The zero-order chi connectivity index (χ0) is 16.9. The van der Waals surface area contributed by atoms with E-state index in [0.717, 1.165) is 41.5 Å². The molecule has 0 aromatic heterocycles. The van der Waals surface area contributed by atoms with Crippen molar-refractivity contribution in [3.8, 4) is 0 Å². The first-order chi connectivity index (χ1) is 11.6. The van der Waals surface area contributed by atoms with Crippen molar-refractivity contribution in [1.29, 1.82) is 0 Å². The van der Waals surface area contributed by atoms with Gasteiger partial charge in [0.05, 0.1) is 0 Å². The van der Waals surface area contributed by atoms with E-state index >= 15 is 0 Å². The predicted octanol–water partition coefficient (Wildman–Crippen LogP) is 4.15. The van der Waals surface area contributed by atoms with Crippen molar-refractivity contribution < 1.29 is 4.79 Å².